The molecular formula is C12H17ClN4S. The fourth-order valence-corrected chi connectivity index (χ4v) is 2.83. The quantitative estimate of drug-likeness (QED) is 0.918. The maximum Gasteiger partial charge on any atom is 0.0847 e. The zero-order valence-corrected chi connectivity index (χ0v) is 12.3. The Balaban J connectivity index is 2.27. The molecular weight excluding hydrogens is 268 g/mol. The van der Waals surface area contributed by atoms with Crippen molar-refractivity contribution in [2.45, 2.75) is 32.9 Å². The summed E-state index contributed by atoms with van der Waals surface area (Å²) in [5.41, 5.74) is 4.87. The standard InChI is InChI=1S/C12H17ClN4S/c1-4-17-11(12(13)8(2)16-17)5-9(14-3)10-6-18-7-15-10/h6-7,9,14H,4-5H2,1-3H3. The number of rotatable bonds is 5. The maximum atomic E-state index is 6.33. The fraction of sp³-hybridized carbons (Fsp3) is 0.500. The molecule has 0 amide bonds. The fourth-order valence-electron chi connectivity index (χ4n) is 2.01. The van der Waals surface area contributed by atoms with Crippen molar-refractivity contribution < 1.29 is 0 Å². The molecule has 0 radical (unpaired) electrons. The number of nitrogens with one attached hydrogen (secondary N) is 1. The van der Waals surface area contributed by atoms with Gasteiger partial charge >= 0.3 is 0 Å². The van der Waals surface area contributed by atoms with Gasteiger partial charge in [-0.2, -0.15) is 5.10 Å². The smallest absolute Gasteiger partial charge is 0.0847 e. The second-order valence-electron chi connectivity index (χ2n) is 4.12. The van der Waals surface area contributed by atoms with Crippen LogP contribution in [0.25, 0.3) is 0 Å². The molecule has 0 aromatic carbocycles. The van der Waals surface area contributed by atoms with Gasteiger partial charge in [-0.1, -0.05) is 11.6 Å². The van der Waals surface area contributed by atoms with Crippen molar-refractivity contribution in [3.8, 4) is 0 Å². The Labute approximate surface area is 116 Å². The molecule has 0 aliphatic carbocycles. The second-order valence-corrected chi connectivity index (χ2v) is 5.22. The van der Waals surface area contributed by atoms with Crippen molar-refractivity contribution in [3.05, 3.63) is 33.0 Å². The van der Waals surface area contributed by atoms with Crippen LogP contribution in [0.4, 0.5) is 0 Å². The number of hydrogen-bond acceptors (Lipinski definition) is 4. The number of aromatic nitrogens is 3. The van der Waals surface area contributed by atoms with Crippen LogP contribution in [0.15, 0.2) is 10.9 Å². The first-order valence-electron chi connectivity index (χ1n) is 5.94. The molecule has 18 heavy (non-hydrogen) atoms. The largest absolute Gasteiger partial charge is 0.311 e. The van der Waals surface area contributed by atoms with Crippen LogP contribution in [-0.2, 0) is 13.0 Å². The molecule has 2 aromatic rings. The van der Waals surface area contributed by atoms with E-state index in [1.165, 1.54) is 0 Å². The van der Waals surface area contributed by atoms with E-state index in [4.69, 9.17) is 11.6 Å². The third-order valence-corrected chi connectivity index (χ3v) is 4.10. The zero-order chi connectivity index (χ0) is 13.1. The lowest BCUT2D eigenvalue weighted by molar-refractivity contribution is 0.533. The van der Waals surface area contributed by atoms with Crippen molar-refractivity contribution in [2.24, 2.45) is 0 Å². The number of likely N-dealkylation sites (N-methyl/N-ethyl adjacent to an activating group) is 1. The summed E-state index contributed by atoms with van der Waals surface area (Å²) in [5.74, 6) is 0. The number of thiazole rings is 1. The van der Waals surface area contributed by atoms with Gasteiger partial charge < -0.3 is 5.32 Å². The predicted molar refractivity (Wildman–Crippen MR) is 75.3 cm³/mol. The summed E-state index contributed by atoms with van der Waals surface area (Å²) < 4.78 is 1.97. The zero-order valence-electron chi connectivity index (χ0n) is 10.8. The van der Waals surface area contributed by atoms with Gasteiger partial charge in [0.25, 0.3) is 0 Å². The minimum absolute atomic E-state index is 0.176. The number of nitrogens with zero attached hydrogens (tertiary/aromatic N) is 3. The highest BCUT2D eigenvalue weighted by Crippen LogP contribution is 2.25. The van der Waals surface area contributed by atoms with Crippen molar-refractivity contribution in [2.75, 3.05) is 7.05 Å². The summed E-state index contributed by atoms with van der Waals surface area (Å²) in [6, 6.07) is 0.176. The van der Waals surface area contributed by atoms with Gasteiger partial charge in [0.15, 0.2) is 0 Å². The van der Waals surface area contributed by atoms with Crippen LogP contribution in [-0.4, -0.2) is 21.8 Å². The van der Waals surface area contributed by atoms with Gasteiger partial charge in [0, 0.05) is 18.3 Å². The van der Waals surface area contributed by atoms with E-state index >= 15 is 0 Å². The highest BCUT2D eigenvalue weighted by molar-refractivity contribution is 7.07. The number of aryl methyl sites for hydroxylation is 2. The van der Waals surface area contributed by atoms with E-state index in [1.807, 2.05) is 24.2 Å². The summed E-state index contributed by atoms with van der Waals surface area (Å²) in [4.78, 5) is 4.36. The maximum absolute atomic E-state index is 6.33. The molecule has 2 aromatic heterocycles. The van der Waals surface area contributed by atoms with E-state index in [1.54, 1.807) is 11.3 Å². The first kappa shape index (κ1) is 13.5. The van der Waals surface area contributed by atoms with Gasteiger partial charge in [0.05, 0.1) is 33.7 Å². The lowest BCUT2D eigenvalue weighted by Gasteiger charge is -2.15. The van der Waals surface area contributed by atoms with Gasteiger partial charge in [-0.25, -0.2) is 4.98 Å². The Morgan fingerprint density at radius 2 is 2.33 bits per heavy atom. The Morgan fingerprint density at radius 1 is 1.56 bits per heavy atom. The molecule has 6 heteroatoms. The van der Waals surface area contributed by atoms with Crippen LogP contribution < -0.4 is 5.32 Å². The molecule has 0 saturated carbocycles. The van der Waals surface area contributed by atoms with Crippen LogP contribution in [0, 0.1) is 6.92 Å². The van der Waals surface area contributed by atoms with Crippen LogP contribution >= 0.6 is 22.9 Å². The molecule has 0 spiro atoms. The molecule has 4 nitrogen and oxygen atoms in total. The van der Waals surface area contributed by atoms with Crippen molar-refractivity contribution in [1.82, 2.24) is 20.1 Å². The van der Waals surface area contributed by atoms with Gasteiger partial charge in [0.2, 0.25) is 0 Å². The van der Waals surface area contributed by atoms with Crippen LogP contribution in [0.1, 0.15) is 30.0 Å². The second kappa shape index (κ2) is 5.82. The molecule has 0 saturated heterocycles. The normalized spacial score (nSPS) is 12.9. The van der Waals surface area contributed by atoms with Gasteiger partial charge in [-0.15, -0.1) is 11.3 Å². The van der Waals surface area contributed by atoms with E-state index in [0.717, 1.165) is 35.1 Å². The van der Waals surface area contributed by atoms with E-state index < -0.39 is 0 Å². The lowest BCUT2D eigenvalue weighted by Crippen LogP contribution is -2.21. The van der Waals surface area contributed by atoms with Crippen LogP contribution in [0.3, 0.4) is 0 Å². The molecule has 1 atom stereocenters. The topological polar surface area (TPSA) is 42.7 Å². The molecule has 1 unspecified atom stereocenters. The van der Waals surface area contributed by atoms with Crippen LogP contribution in [0.5, 0.6) is 0 Å². The Hall–Kier alpha value is -0.910. The molecule has 1 N–H and O–H groups in total. The van der Waals surface area contributed by atoms with Gasteiger partial charge in [0.1, 0.15) is 0 Å². The summed E-state index contributed by atoms with van der Waals surface area (Å²) in [6.07, 6.45) is 0.799. The van der Waals surface area contributed by atoms with Crippen molar-refractivity contribution in [1.29, 1.82) is 0 Å². The number of hydrogen-bond donors (Lipinski definition) is 1. The van der Waals surface area contributed by atoms with Gasteiger partial charge in [-0.05, 0) is 20.9 Å². The van der Waals surface area contributed by atoms with E-state index in [-0.39, 0.29) is 6.04 Å². The number of halogens is 1. The van der Waals surface area contributed by atoms with Gasteiger partial charge in [-0.3, -0.25) is 4.68 Å². The summed E-state index contributed by atoms with van der Waals surface area (Å²) in [5, 5.41) is 10.6. The molecule has 2 rings (SSSR count). The summed E-state index contributed by atoms with van der Waals surface area (Å²) in [7, 11) is 1.94. The van der Waals surface area contributed by atoms with Crippen molar-refractivity contribution in [3.63, 3.8) is 0 Å². The summed E-state index contributed by atoms with van der Waals surface area (Å²) in [6.45, 7) is 4.84. The molecule has 2 heterocycles. The molecule has 98 valence electrons. The first-order valence-corrected chi connectivity index (χ1v) is 7.26. The molecule has 0 aliphatic heterocycles. The Morgan fingerprint density at radius 3 is 2.89 bits per heavy atom. The minimum Gasteiger partial charge on any atom is -0.311 e. The molecule has 0 fully saturated rings. The highest BCUT2D eigenvalue weighted by atomic mass is 35.5. The SMILES string of the molecule is CCn1nc(C)c(Cl)c1CC(NC)c1cscn1. The average molecular weight is 285 g/mol. The van der Waals surface area contributed by atoms with E-state index in [0.29, 0.717) is 0 Å². The monoisotopic (exact) mass is 284 g/mol. The third-order valence-electron chi connectivity index (χ3n) is 3.01. The first-order chi connectivity index (χ1) is 8.67. The molecule has 0 bridgehead atoms. The minimum atomic E-state index is 0.176. The lowest BCUT2D eigenvalue weighted by atomic mass is 10.1. The average Bonchev–Trinajstić information content (AvgIpc) is 2.98. The highest BCUT2D eigenvalue weighted by Gasteiger charge is 2.19. The Bertz CT molecular complexity index is 506. The van der Waals surface area contributed by atoms with Crippen molar-refractivity contribution >= 4 is 22.9 Å². The molecule has 0 aliphatic rings. The Kier molecular flexibility index (Phi) is 4.37. The summed E-state index contributed by atoms with van der Waals surface area (Å²) >= 11 is 7.93. The van der Waals surface area contributed by atoms with E-state index in [9.17, 15) is 0 Å². The van der Waals surface area contributed by atoms with E-state index in [2.05, 4.69) is 27.7 Å². The third kappa shape index (κ3) is 2.58. The predicted octanol–water partition coefficient (Wildman–Crippen LogP) is 2.82. The van der Waals surface area contributed by atoms with Crippen LogP contribution in [0.2, 0.25) is 5.02 Å².